The highest BCUT2D eigenvalue weighted by Crippen LogP contribution is 2.12. The molecule has 0 aliphatic rings. The highest BCUT2D eigenvalue weighted by atomic mass is 16.4. The van der Waals surface area contributed by atoms with Gasteiger partial charge in [-0.3, -0.25) is 0 Å². The highest BCUT2D eigenvalue weighted by molar-refractivity contribution is 5.89. The summed E-state index contributed by atoms with van der Waals surface area (Å²) in [6.07, 6.45) is 1.50. The molecule has 5 nitrogen and oxygen atoms in total. The van der Waals surface area contributed by atoms with Crippen LogP contribution in [-0.4, -0.2) is 20.9 Å². The number of carbonyl (C=O) groups is 1. The van der Waals surface area contributed by atoms with Crippen molar-refractivity contribution in [2.75, 3.05) is 0 Å². The third-order valence-corrected chi connectivity index (χ3v) is 1.79. The molecule has 0 bridgehead atoms. The minimum atomic E-state index is -1.28. The molecule has 0 saturated heterocycles. The maximum absolute atomic E-state index is 10.5. The molecule has 66 valence electrons. The van der Waals surface area contributed by atoms with E-state index < -0.39 is 5.97 Å². The van der Waals surface area contributed by atoms with E-state index in [9.17, 15) is 9.90 Å². The molecule has 0 unspecified atom stereocenters. The number of aromatic nitrogens is 3. The summed E-state index contributed by atoms with van der Waals surface area (Å²) in [5.41, 5.74) is 1.85. The van der Waals surface area contributed by atoms with E-state index in [1.54, 1.807) is 6.92 Å². The number of rotatable bonds is 1. The van der Waals surface area contributed by atoms with E-state index in [1.165, 1.54) is 12.4 Å². The molecule has 2 aromatic rings. The van der Waals surface area contributed by atoms with Gasteiger partial charge in [-0.2, -0.15) is 0 Å². The second-order valence-corrected chi connectivity index (χ2v) is 2.68. The smallest absolute Gasteiger partial charge is 0.109 e. The van der Waals surface area contributed by atoms with Crippen LogP contribution >= 0.6 is 0 Å². The van der Waals surface area contributed by atoms with Crippen LogP contribution in [0.2, 0.25) is 0 Å². The van der Waals surface area contributed by atoms with Gasteiger partial charge in [-0.25, -0.2) is 9.97 Å². The molecule has 13 heavy (non-hydrogen) atoms. The summed E-state index contributed by atoms with van der Waals surface area (Å²) in [4.78, 5) is 21.1. The number of H-pyrrole nitrogens is 1. The molecule has 0 spiro atoms. The molecule has 0 aliphatic heterocycles. The average Bonchev–Trinajstić information content (AvgIpc) is 2.51. The van der Waals surface area contributed by atoms with Crippen LogP contribution in [0.1, 0.15) is 16.2 Å². The Morgan fingerprint density at radius 3 is 3.08 bits per heavy atom. The monoisotopic (exact) mass is 176 g/mol. The third-order valence-electron chi connectivity index (χ3n) is 1.79. The van der Waals surface area contributed by atoms with Crippen LogP contribution in [0.4, 0.5) is 0 Å². The second-order valence-electron chi connectivity index (χ2n) is 2.68. The topological polar surface area (TPSA) is 81.7 Å². The molecule has 0 fully saturated rings. The Kier molecular flexibility index (Phi) is 1.51. The lowest BCUT2D eigenvalue weighted by Gasteiger charge is -2.02. The number of hydrogen-bond acceptors (Lipinski definition) is 4. The van der Waals surface area contributed by atoms with Crippen LogP contribution in [0, 0.1) is 6.92 Å². The molecule has 0 aromatic carbocycles. The van der Waals surface area contributed by atoms with Crippen LogP contribution in [0.25, 0.3) is 11.0 Å². The summed E-state index contributed by atoms with van der Waals surface area (Å²) < 4.78 is 0. The fourth-order valence-corrected chi connectivity index (χ4v) is 1.21. The summed E-state index contributed by atoms with van der Waals surface area (Å²) in [6, 6.07) is 1.41. The first-order chi connectivity index (χ1) is 6.18. The summed E-state index contributed by atoms with van der Waals surface area (Å²) in [6.45, 7) is 1.70. The van der Waals surface area contributed by atoms with Crippen LogP contribution in [0.3, 0.4) is 0 Å². The van der Waals surface area contributed by atoms with E-state index in [1.807, 2.05) is 0 Å². The zero-order valence-electron chi connectivity index (χ0n) is 6.87. The Hall–Kier alpha value is -1.91. The van der Waals surface area contributed by atoms with Crippen molar-refractivity contribution in [1.29, 1.82) is 0 Å². The zero-order valence-corrected chi connectivity index (χ0v) is 6.87. The number of fused-ring (bicyclic) bond motifs is 1. The number of aryl methyl sites for hydroxylation is 1. The van der Waals surface area contributed by atoms with Crippen LogP contribution < -0.4 is 5.11 Å². The third kappa shape index (κ3) is 1.14. The van der Waals surface area contributed by atoms with Crippen molar-refractivity contribution in [2.45, 2.75) is 6.92 Å². The van der Waals surface area contributed by atoms with Gasteiger partial charge in [0, 0.05) is 0 Å². The number of nitrogens with zero attached hydrogens (tertiary/aromatic N) is 2. The van der Waals surface area contributed by atoms with E-state index in [0.29, 0.717) is 16.7 Å². The Morgan fingerprint density at radius 2 is 2.38 bits per heavy atom. The SMILES string of the molecule is Cc1nc(C(=O)[O-])cc2[nH]cnc12. The predicted molar refractivity (Wildman–Crippen MR) is 43.0 cm³/mol. The van der Waals surface area contributed by atoms with Gasteiger partial charge in [-0.15, -0.1) is 0 Å². The number of carboxylic acid groups (broad SMARTS) is 1. The van der Waals surface area contributed by atoms with E-state index in [4.69, 9.17) is 0 Å². The number of aromatic carboxylic acids is 1. The maximum Gasteiger partial charge on any atom is 0.109 e. The van der Waals surface area contributed by atoms with Gasteiger partial charge in [0.05, 0.1) is 29.2 Å². The molecule has 0 amide bonds. The summed E-state index contributed by atoms with van der Waals surface area (Å²) in [5.74, 6) is -1.28. The number of pyridine rings is 1. The fraction of sp³-hybridized carbons (Fsp3) is 0.125. The van der Waals surface area contributed by atoms with Crippen LogP contribution in [0.5, 0.6) is 0 Å². The Balaban J connectivity index is 2.77. The van der Waals surface area contributed by atoms with Crippen molar-refractivity contribution in [3.05, 3.63) is 23.8 Å². The number of hydrogen-bond donors (Lipinski definition) is 1. The fourth-order valence-electron chi connectivity index (χ4n) is 1.21. The van der Waals surface area contributed by atoms with Crippen molar-refractivity contribution in [3.8, 4) is 0 Å². The van der Waals surface area contributed by atoms with Crippen molar-refractivity contribution in [1.82, 2.24) is 15.0 Å². The Morgan fingerprint density at radius 1 is 1.62 bits per heavy atom. The van der Waals surface area contributed by atoms with Gasteiger partial charge in [-0.05, 0) is 13.0 Å². The second kappa shape index (κ2) is 2.55. The molecular weight excluding hydrogens is 170 g/mol. The maximum atomic E-state index is 10.5. The Bertz CT molecular complexity index is 475. The first-order valence-electron chi connectivity index (χ1n) is 3.70. The van der Waals surface area contributed by atoms with Gasteiger partial charge in [-0.1, -0.05) is 0 Å². The van der Waals surface area contributed by atoms with Crippen molar-refractivity contribution < 1.29 is 9.90 Å². The molecule has 0 saturated carbocycles. The van der Waals surface area contributed by atoms with Crippen molar-refractivity contribution >= 4 is 17.0 Å². The first kappa shape index (κ1) is 7.72. The molecule has 2 heterocycles. The number of nitrogens with one attached hydrogen (secondary N) is 1. The Labute approximate surface area is 73.4 Å². The van der Waals surface area contributed by atoms with Gasteiger partial charge in [0.2, 0.25) is 0 Å². The molecule has 2 aromatic heterocycles. The predicted octanol–water partition coefficient (Wildman–Crippen LogP) is -0.370. The number of carboxylic acids is 1. The number of aromatic amines is 1. The summed E-state index contributed by atoms with van der Waals surface area (Å²) >= 11 is 0. The minimum absolute atomic E-state index is 0.0748. The summed E-state index contributed by atoms with van der Waals surface area (Å²) in [5, 5.41) is 10.5. The molecule has 1 N–H and O–H groups in total. The highest BCUT2D eigenvalue weighted by Gasteiger charge is 2.04. The van der Waals surface area contributed by atoms with Crippen molar-refractivity contribution in [3.63, 3.8) is 0 Å². The van der Waals surface area contributed by atoms with Gasteiger partial charge < -0.3 is 14.9 Å². The lowest BCUT2D eigenvalue weighted by atomic mass is 10.2. The standard InChI is InChI=1S/C8H7N3O2/c1-4-7-5(9-3-10-7)2-6(11-4)8(12)13/h2-3H,1H3,(H,9,10)(H,12,13)/p-1. The lowest BCUT2D eigenvalue weighted by Crippen LogP contribution is -2.23. The molecule has 0 atom stereocenters. The number of carbonyl (C=O) groups excluding carboxylic acids is 1. The van der Waals surface area contributed by atoms with E-state index >= 15 is 0 Å². The molecule has 0 aliphatic carbocycles. The van der Waals surface area contributed by atoms with E-state index in [2.05, 4.69) is 15.0 Å². The quantitative estimate of drug-likeness (QED) is 0.642. The summed E-state index contributed by atoms with van der Waals surface area (Å²) in [7, 11) is 0. The average molecular weight is 176 g/mol. The molecule has 5 heteroatoms. The number of imidazole rings is 1. The first-order valence-corrected chi connectivity index (χ1v) is 3.70. The van der Waals surface area contributed by atoms with Crippen LogP contribution in [0.15, 0.2) is 12.4 Å². The van der Waals surface area contributed by atoms with Crippen molar-refractivity contribution in [2.24, 2.45) is 0 Å². The largest absolute Gasteiger partial charge is 0.543 e. The van der Waals surface area contributed by atoms with Gasteiger partial charge in [0.1, 0.15) is 5.52 Å². The van der Waals surface area contributed by atoms with Gasteiger partial charge >= 0.3 is 0 Å². The molecule has 2 rings (SSSR count). The minimum Gasteiger partial charge on any atom is -0.543 e. The molecular formula is C8H6N3O2-. The normalized spacial score (nSPS) is 10.5. The van der Waals surface area contributed by atoms with Crippen LogP contribution in [-0.2, 0) is 0 Å². The molecule has 0 radical (unpaired) electrons. The van der Waals surface area contributed by atoms with E-state index in [0.717, 1.165) is 0 Å². The van der Waals surface area contributed by atoms with Gasteiger partial charge in [0.15, 0.2) is 0 Å². The van der Waals surface area contributed by atoms with Gasteiger partial charge in [0.25, 0.3) is 0 Å². The zero-order chi connectivity index (χ0) is 9.42. The lowest BCUT2D eigenvalue weighted by molar-refractivity contribution is -0.255. The van der Waals surface area contributed by atoms with E-state index in [-0.39, 0.29) is 5.69 Å².